The number of nitrogens with zero attached hydrogens (tertiary/aromatic N) is 1. The second-order valence-corrected chi connectivity index (χ2v) is 12.7. The molecule has 0 aromatic heterocycles. The number of alkyl halides is 3. The zero-order chi connectivity index (χ0) is 33.5. The molecule has 45 heavy (non-hydrogen) atoms. The van der Waals surface area contributed by atoms with Crippen LogP contribution < -0.4 is 10.6 Å². The van der Waals surface area contributed by atoms with Gasteiger partial charge < -0.3 is 29.5 Å². The van der Waals surface area contributed by atoms with Crippen molar-refractivity contribution in [3.63, 3.8) is 0 Å². The maximum atomic E-state index is 14.2. The summed E-state index contributed by atoms with van der Waals surface area (Å²) < 4.78 is 73.4. The monoisotopic (exact) mass is 665 g/mol. The van der Waals surface area contributed by atoms with Crippen LogP contribution in [-0.4, -0.2) is 79.7 Å². The largest absolute Gasteiger partial charge is 0.471 e. The number of halogens is 3. The van der Waals surface area contributed by atoms with Gasteiger partial charge in [-0.1, -0.05) is 50.1 Å². The smallest absolute Gasteiger partial charge is 0.464 e. The molecule has 4 atom stereocenters. The lowest BCUT2D eigenvalue weighted by Gasteiger charge is -2.32. The van der Waals surface area contributed by atoms with Gasteiger partial charge in [0.2, 0.25) is 0 Å². The Morgan fingerprint density at radius 3 is 2.38 bits per heavy atom. The van der Waals surface area contributed by atoms with Crippen molar-refractivity contribution in [3.8, 4) is 0 Å². The van der Waals surface area contributed by atoms with Gasteiger partial charge in [0.25, 0.3) is 5.91 Å². The average Bonchev–Trinajstić information content (AvgIpc) is 3.51. The normalized spacial score (nSPS) is 17.6. The Morgan fingerprint density at radius 2 is 1.76 bits per heavy atom. The number of likely N-dealkylation sites (tertiary alicyclic amines) is 1. The molecule has 0 saturated carbocycles. The molecule has 1 saturated heterocycles. The van der Waals surface area contributed by atoms with Crippen molar-refractivity contribution < 1.29 is 55.4 Å². The molecule has 1 aromatic carbocycles. The Morgan fingerprint density at radius 1 is 1.04 bits per heavy atom. The molecule has 1 heterocycles. The van der Waals surface area contributed by atoms with E-state index in [-0.39, 0.29) is 52.0 Å². The molecule has 2 unspecified atom stereocenters. The van der Waals surface area contributed by atoms with Gasteiger partial charge in [0.05, 0.1) is 6.61 Å². The van der Waals surface area contributed by atoms with Gasteiger partial charge in [-0.25, -0.2) is 9.59 Å². The van der Waals surface area contributed by atoms with Gasteiger partial charge in [-0.3, -0.25) is 18.7 Å². The van der Waals surface area contributed by atoms with Crippen LogP contribution in [0.5, 0.6) is 0 Å². The van der Waals surface area contributed by atoms with E-state index in [1.54, 1.807) is 36.5 Å². The van der Waals surface area contributed by atoms with Crippen LogP contribution >= 0.6 is 7.60 Å². The van der Waals surface area contributed by atoms with E-state index in [0.717, 1.165) is 12.7 Å². The van der Waals surface area contributed by atoms with Crippen LogP contribution in [-0.2, 0) is 44.1 Å². The number of amides is 3. The number of rotatable bonds is 18. The van der Waals surface area contributed by atoms with Crippen molar-refractivity contribution in [2.45, 2.75) is 95.9 Å². The molecule has 1 fully saturated rings. The number of ether oxygens (including phenoxy) is 2. The molecule has 0 spiro atoms. The molecule has 0 aliphatic carbocycles. The lowest BCUT2D eigenvalue weighted by molar-refractivity contribution is -0.173. The van der Waals surface area contributed by atoms with Gasteiger partial charge in [0.15, 0.2) is 0 Å². The van der Waals surface area contributed by atoms with Crippen molar-refractivity contribution in [2.24, 2.45) is 0 Å². The van der Waals surface area contributed by atoms with E-state index in [1.807, 2.05) is 13.0 Å². The highest BCUT2D eigenvalue weighted by Gasteiger charge is 2.44. The summed E-state index contributed by atoms with van der Waals surface area (Å²) >= 11 is 0. The maximum absolute atomic E-state index is 14.2. The summed E-state index contributed by atoms with van der Waals surface area (Å²) in [5, 5.41) is 4.31. The number of nitrogens with one attached hydrogen (secondary N) is 2. The highest BCUT2D eigenvalue weighted by molar-refractivity contribution is 7.54. The summed E-state index contributed by atoms with van der Waals surface area (Å²) in [4.78, 5) is 51.5. The predicted octanol–water partition coefficient (Wildman–Crippen LogP) is 5.06. The zero-order valence-electron chi connectivity index (χ0n) is 25.8. The van der Waals surface area contributed by atoms with Gasteiger partial charge >= 0.3 is 31.7 Å². The third kappa shape index (κ3) is 12.3. The minimum absolute atomic E-state index is 0.0386. The summed E-state index contributed by atoms with van der Waals surface area (Å²) in [7, 11) is -3.17. The number of alkyl carbamates (subject to hydrolysis) is 1. The van der Waals surface area contributed by atoms with Crippen molar-refractivity contribution in [2.75, 3.05) is 26.8 Å². The minimum Gasteiger partial charge on any atom is -0.464 e. The summed E-state index contributed by atoms with van der Waals surface area (Å²) in [6.45, 7) is 3.43. The number of hydrogen-bond donors (Lipinski definition) is 2. The van der Waals surface area contributed by atoms with E-state index in [9.17, 15) is 36.9 Å². The lowest BCUT2D eigenvalue weighted by Crippen LogP contribution is -2.47. The topological polar surface area (TPSA) is 150 Å². The molecule has 16 heteroatoms. The number of carbonyl (C=O) groups is 4. The van der Waals surface area contributed by atoms with E-state index in [1.165, 1.54) is 4.90 Å². The second kappa shape index (κ2) is 18.7. The van der Waals surface area contributed by atoms with Gasteiger partial charge in [0, 0.05) is 20.2 Å². The fraction of sp³-hybridized carbons (Fsp3) is 0.655. The molecule has 1 aliphatic heterocycles. The van der Waals surface area contributed by atoms with Crippen molar-refractivity contribution in [1.82, 2.24) is 15.5 Å². The van der Waals surface area contributed by atoms with E-state index >= 15 is 0 Å². The Kier molecular flexibility index (Phi) is 15.8. The van der Waals surface area contributed by atoms with Crippen LogP contribution in [0.4, 0.5) is 18.0 Å². The zero-order valence-corrected chi connectivity index (χ0v) is 26.7. The van der Waals surface area contributed by atoms with E-state index in [2.05, 4.69) is 5.32 Å². The number of hydrogen-bond acceptors (Lipinski definition) is 9. The molecule has 12 nitrogen and oxygen atoms in total. The lowest BCUT2D eigenvalue weighted by atomic mass is 10.1. The van der Waals surface area contributed by atoms with Crippen molar-refractivity contribution in [3.05, 3.63) is 35.9 Å². The van der Waals surface area contributed by atoms with Crippen molar-refractivity contribution in [1.29, 1.82) is 0 Å². The van der Waals surface area contributed by atoms with Crippen LogP contribution in [0.25, 0.3) is 0 Å². The van der Waals surface area contributed by atoms with Gasteiger partial charge in [0.1, 0.15) is 24.5 Å². The third-order valence-electron chi connectivity index (χ3n) is 7.04. The predicted molar refractivity (Wildman–Crippen MR) is 157 cm³/mol. The van der Waals surface area contributed by atoms with Crippen LogP contribution in [0.2, 0.25) is 0 Å². The highest BCUT2D eigenvalue weighted by atomic mass is 31.2. The maximum Gasteiger partial charge on any atom is 0.471 e. The van der Waals surface area contributed by atoms with E-state index in [4.69, 9.17) is 18.5 Å². The van der Waals surface area contributed by atoms with Crippen LogP contribution in [0.1, 0.15) is 70.8 Å². The first-order chi connectivity index (χ1) is 21.4. The third-order valence-corrected chi connectivity index (χ3v) is 9.25. The summed E-state index contributed by atoms with van der Waals surface area (Å²) in [5.74, 6) is -4.57. The molecular formula is C29H43F3N3O9P. The quantitative estimate of drug-likeness (QED) is 0.125. The summed E-state index contributed by atoms with van der Waals surface area (Å²) in [5.41, 5.74) is 0.725. The molecule has 1 aliphatic rings. The van der Waals surface area contributed by atoms with Crippen molar-refractivity contribution >= 4 is 31.5 Å². The Hall–Kier alpha value is -3.16. The average molecular weight is 666 g/mol. The van der Waals surface area contributed by atoms with Crippen LogP contribution in [0.3, 0.4) is 0 Å². The van der Waals surface area contributed by atoms with Gasteiger partial charge in [-0.2, -0.15) is 13.2 Å². The second-order valence-electron chi connectivity index (χ2n) is 10.4. The molecule has 0 bridgehead atoms. The minimum atomic E-state index is -5.03. The summed E-state index contributed by atoms with van der Waals surface area (Å²) in [6.07, 6.45) is -5.19. The molecule has 3 amide bonds. The first-order valence-corrected chi connectivity index (χ1v) is 16.6. The van der Waals surface area contributed by atoms with Crippen LogP contribution in [0.15, 0.2) is 30.3 Å². The summed E-state index contributed by atoms with van der Waals surface area (Å²) in [6, 6.07) is 8.00. The van der Waals surface area contributed by atoms with E-state index in [0.29, 0.717) is 25.7 Å². The molecule has 254 valence electrons. The van der Waals surface area contributed by atoms with Crippen LogP contribution in [0, 0.1) is 0 Å². The Bertz CT molecular complexity index is 1160. The first kappa shape index (κ1) is 38.0. The molecule has 2 rings (SSSR count). The standard InChI is InChI=1S/C29H43F3N3O9P/c1-4-6-17-24(34-28(39)43-20-21-13-8-7-9-14-21)45(40,41-3)44-23(16-10-11-18-33-27(38)29(30,31)32)25(36)35-19-12-15-22(35)26(37)42-5-2/h7-9,13-14,22-24H,4-6,10-12,15-20H2,1-3H3,(H,33,38)(H,34,39)/t22-,23-,24?,45?/m0/s1. The molecule has 0 radical (unpaired) electrons. The van der Waals surface area contributed by atoms with Gasteiger partial charge in [-0.15, -0.1) is 0 Å². The Balaban J connectivity index is 2.23. The number of esters is 1. The fourth-order valence-electron chi connectivity index (χ4n) is 4.71. The molecular weight excluding hydrogens is 622 g/mol. The number of unbranched alkanes of at least 4 members (excludes halogenated alkanes) is 2. The fourth-order valence-corrected chi connectivity index (χ4v) is 6.51. The van der Waals surface area contributed by atoms with E-state index < -0.39 is 55.6 Å². The number of benzene rings is 1. The van der Waals surface area contributed by atoms with Gasteiger partial charge in [-0.05, 0) is 51.0 Å². The first-order valence-electron chi connectivity index (χ1n) is 15.0. The molecule has 2 N–H and O–H groups in total. The molecule has 1 aromatic rings. The number of carbonyl (C=O) groups excluding carboxylic acids is 4. The Labute approximate surface area is 261 Å². The highest BCUT2D eigenvalue weighted by Crippen LogP contribution is 2.54. The SMILES string of the molecule is CCCCC(NC(=O)OCc1ccccc1)P(=O)(OC)O[C@@H](CCCCNC(=O)C(F)(F)F)C(=O)N1CCC[C@H]1C(=O)OCC.